The lowest BCUT2D eigenvalue weighted by molar-refractivity contribution is -0.193. The van der Waals surface area contributed by atoms with Crippen LogP contribution in [0.3, 0.4) is 0 Å². The molecule has 3 heterocycles. The minimum atomic E-state index is -5.08. The number of nitrogens with one attached hydrogen (secondary N) is 1. The molecular weight excluding hydrogens is 502 g/mol. The van der Waals surface area contributed by atoms with E-state index in [0.717, 1.165) is 43.9 Å². The third-order valence-electron chi connectivity index (χ3n) is 5.16. The number of aromatic nitrogens is 1. The summed E-state index contributed by atoms with van der Waals surface area (Å²) < 4.78 is 63.5. The second-order valence-corrected chi connectivity index (χ2v) is 8.36. The number of likely N-dealkylation sites (tertiary alicyclic amines) is 2. The van der Waals surface area contributed by atoms with Crippen molar-refractivity contribution in [2.45, 2.75) is 70.6 Å². The standard InChI is InChI=1S/C17H26N4O.2C2HF3O2/c1-12(2)18-17(22)21-10-8-15-16(21)7-9-20(15)11-14-6-4-5-13(3)19-14;2*3-2(4,5)1(6)7/h4-6,12,15-16H,7-11H2,1-3H3,(H,18,22);2*(H,6,7)/t15-,16+;;/m0../s1. The second kappa shape index (κ2) is 12.7. The Hall–Kier alpha value is -3.10. The molecule has 0 aromatic carbocycles. The SMILES string of the molecule is Cc1cccc(CN2CC[C@@H]3[C@@H]2CCN3C(=O)NC(C)C)n1.O=C(O)C(F)(F)F.O=C(O)C(F)(F)F. The molecule has 0 saturated carbocycles. The molecule has 3 rings (SSSR count). The second-order valence-electron chi connectivity index (χ2n) is 8.36. The lowest BCUT2D eigenvalue weighted by atomic mass is 10.1. The fraction of sp³-hybridized carbons (Fsp3) is 0.619. The molecule has 1 aromatic rings. The summed E-state index contributed by atoms with van der Waals surface area (Å²) >= 11 is 0. The van der Waals surface area contributed by atoms with Crippen LogP contribution in [-0.4, -0.2) is 86.5 Å². The van der Waals surface area contributed by atoms with E-state index in [1.54, 1.807) is 0 Å². The highest BCUT2D eigenvalue weighted by molar-refractivity contribution is 5.75. The zero-order chi connectivity index (χ0) is 27.8. The van der Waals surface area contributed by atoms with Gasteiger partial charge in [0, 0.05) is 37.4 Å². The molecule has 15 heteroatoms. The first-order valence-electron chi connectivity index (χ1n) is 10.8. The third-order valence-corrected chi connectivity index (χ3v) is 5.16. The number of aryl methyl sites for hydroxylation is 1. The normalized spacial score (nSPS) is 19.6. The number of hydrogen-bond donors (Lipinski definition) is 3. The molecule has 2 aliphatic heterocycles. The number of amides is 2. The molecule has 0 radical (unpaired) electrons. The predicted molar refractivity (Wildman–Crippen MR) is 114 cm³/mol. The maximum absolute atomic E-state index is 12.3. The van der Waals surface area contributed by atoms with Gasteiger partial charge in [-0.15, -0.1) is 0 Å². The van der Waals surface area contributed by atoms with E-state index in [9.17, 15) is 31.1 Å². The van der Waals surface area contributed by atoms with E-state index in [-0.39, 0.29) is 12.1 Å². The van der Waals surface area contributed by atoms with Crippen LogP contribution >= 0.6 is 0 Å². The first-order chi connectivity index (χ1) is 16.4. The van der Waals surface area contributed by atoms with Crippen LogP contribution in [0.1, 0.15) is 38.1 Å². The van der Waals surface area contributed by atoms with Crippen molar-refractivity contribution in [2.24, 2.45) is 0 Å². The molecule has 204 valence electrons. The maximum Gasteiger partial charge on any atom is 0.490 e. The maximum atomic E-state index is 12.3. The first-order valence-corrected chi connectivity index (χ1v) is 10.8. The topological polar surface area (TPSA) is 123 Å². The fourth-order valence-corrected chi connectivity index (χ4v) is 3.75. The van der Waals surface area contributed by atoms with Crippen LogP contribution in [-0.2, 0) is 16.1 Å². The van der Waals surface area contributed by atoms with Gasteiger partial charge in [0.15, 0.2) is 0 Å². The van der Waals surface area contributed by atoms with Gasteiger partial charge in [0.1, 0.15) is 0 Å². The molecule has 0 unspecified atom stereocenters. The van der Waals surface area contributed by atoms with Gasteiger partial charge >= 0.3 is 30.3 Å². The third kappa shape index (κ3) is 9.87. The van der Waals surface area contributed by atoms with Crippen molar-refractivity contribution in [3.05, 3.63) is 29.6 Å². The zero-order valence-electron chi connectivity index (χ0n) is 19.7. The number of hydrogen-bond acceptors (Lipinski definition) is 5. The van der Waals surface area contributed by atoms with Gasteiger partial charge in [0.05, 0.1) is 11.7 Å². The van der Waals surface area contributed by atoms with E-state index < -0.39 is 24.3 Å². The number of carbonyl (C=O) groups excluding carboxylic acids is 1. The summed E-state index contributed by atoms with van der Waals surface area (Å²) in [6, 6.07) is 7.34. The zero-order valence-corrected chi connectivity index (χ0v) is 19.7. The van der Waals surface area contributed by atoms with Crippen LogP contribution in [0.5, 0.6) is 0 Å². The van der Waals surface area contributed by atoms with E-state index in [4.69, 9.17) is 19.8 Å². The molecule has 0 spiro atoms. The van der Waals surface area contributed by atoms with Crippen molar-refractivity contribution in [1.29, 1.82) is 0 Å². The number of carboxylic acid groups (broad SMARTS) is 2. The van der Waals surface area contributed by atoms with E-state index in [1.165, 1.54) is 0 Å². The van der Waals surface area contributed by atoms with E-state index in [0.29, 0.717) is 12.1 Å². The highest BCUT2D eigenvalue weighted by Crippen LogP contribution is 2.32. The van der Waals surface area contributed by atoms with Gasteiger partial charge in [-0.3, -0.25) is 9.88 Å². The average Bonchev–Trinajstić information content (AvgIpc) is 3.30. The van der Waals surface area contributed by atoms with Crippen molar-refractivity contribution in [3.8, 4) is 0 Å². The quantitative estimate of drug-likeness (QED) is 0.512. The van der Waals surface area contributed by atoms with Gasteiger partial charge in [0.25, 0.3) is 0 Å². The Balaban J connectivity index is 0.000000383. The van der Waals surface area contributed by atoms with Crippen LogP contribution in [0.15, 0.2) is 18.2 Å². The van der Waals surface area contributed by atoms with Gasteiger partial charge in [-0.1, -0.05) is 6.07 Å². The van der Waals surface area contributed by atoms with Crippen molar-refractivity contribution >= 4 is 18.0 Å². The lowest BCUT2D eigenvalue weighted by Gasteiger charge is -2.26. The molecule has 0 bridgehead atoms. The number of urea groups is 1. The minimum absolute atomic E-state index is 0.0954. The molecule has 2 aliphatic rings. The van der Waals surface area contributed by atoms with Gasteiger partial charge in [-0.2, -0.15) is 26.3 Å². The molecule has 2 fully saturated rings. The Morgan fingerprint density at radius 1 is 1.00 bits per heavy atom. The largest absolute Gasteiger partial charge is 0.490 e. The first kappa shape index (κ1) is 30.9. The summed E-state index contributed by atoms with van der Waals surface area (Å²) in [7, 11) is 0. The predicted octanol–water partition coefficient (Wildman–Crippen LogP) is 3.42. The Bertz CT molecular complexity index is 886. The monoisotopic (exact) mass is 530 g/mol. The average molecular weight is 530 g/mol. The van der Waals surface area contributed by atoms with Crippen LogP contribution in [0.2, 0.25) is 0 Å². The number of aliphatic carboxylic acids is 2. The molecular formula is C21H28F6N4O5. The molecule has 2 saturated heterocycles. The van der Waals surface area contributed by atoms with Crippen LogP contribution in [0, 0.1) is 6.92 Å². The molecule has 2 amide bonds. The van der Waals surface area contributed by atoms with Gasteiger partial charge in [-0.05, 0) is 45.7 Å². The summed E-state index contributed by atoms with van der Waals surface area (Å²) in [4.78, 5) is 39.2. The summed E-state index contributed by atoms with van der Waals surface area (Å²) in [5, 5.41) is 17.3. The Kier molecular flexibility index (Phi) is 10.9. The number of alkyl halides is 6. The Labute approximate surface area is 203 Å². The van der Waals surface area contributed by atoms with Gasteiger partial charge in [0.2, 0.25) is 0 Å². The van der Waals surface area contributed by atoms with Crippen molar-refractivity contribution in [1.82, 2.24) is 20.1 Å². The number of nitrogens with zero attached hydrogens (tertiary/aromatic N) is 3. The molecule has 1 aromatic heterocycles. The van der Waals surface area contributed by atoms with Crippen molar-refractivity contribution < 1.29 is 50.9 Å². The summed E-state index contributed by atoms with van der Waals surface area (Å²) in [5.41, 5.74) is 2.20. The lowest BCUT2D eigenvalue weighted by Crippen LogP contribution is -2.46. The summed E-state index contributed by atoms with van der Waals surface area (Å²) in [6.45, 7) is 8.86. The Morgan fingerprint density at radius 3 is 1.94 bits per heavy atom. The summed E-state index contributed by atoms with van der Waals surface area (Å²) in [6.07, 6.45) is -8.02. The van der Waals surface area contributed by atoms with Gasteiger partial charge in [-0.25, -0.2) is 14.4 Å². The van der Waals surface area contributed by atoms with Gasteiger partial charge < -0.3 is 20.4 Å². The van der Waals surface area contributed by atoms with Crippen molar-refractivity contribution in [2.75, 3.05) is 13.1 Å². The minimum Gasteiger partial charge on any atom is -0.475 e. The fourth-order valence-electron chi connectivity index (χ4n) is 3.75. The number of carbonyl (C=O) groups is 3. The molecule has 3 N–H and O–H groups in total. The number of carboxylic acids is 2. The summed E-state index contributed by atoms with van der Waals surface area (Å²) in [5.74, 6) is -5.51. The number of halogens is 6. The van der Waals surface area contributed by atoms with Crippen LogP contribution in [0.25, 0.3) is 0 Å². The van der Waals surface area contributed by atoms with E-state index >= 15 is 0 Å². The number of rotatable bonds is 3. The van der Waals surface area contributed by atoms with Crippen molar-refractivity contribution in [3.63, 3.8) is 0 Å². The van der Waals surface area contributed by atoms with Crippen LogP contribution < -0.4 is 5.32 Å². The number of pyridine rings is 1. The highest BCUT2D eigenvalue weighted by Gasteiger charge is 2.44. The van der Waals surface area contributed by atoms with E-state index in [1.807, 2.05) is 31.7 Å². The molecule has 2 atom stereocenters. The van der Waals surface area contributed by atoms with Crippen LogP contribution in [0.4, 0.5) is 31.1 Å². The highest BCUT2D eigenvalue weighted by atomic mass is 19.4. The molecule has 0 aliphatic carbocycles. The Morgan fingerprint density at radius 2 is 1.50 bits per heavy atom. The smallest absolute Gasteiger partial charge is 0.475 e. The molecule has 36 heavy (non-hydrogen) atoms. The number of fused-ring (bicyclic) bond motifs is 1. The van der Waals surface area contributed by atoms with E-state index in [2.05, 4.69) is 27.3 Å². The molecule has 9 nitrogen and oxygen atoms in total.